The van der Waals surface area contributed by atoms with Crippen molar-refractivity contribution in [3.63, 3.8) is 0 Å². The molecular weight excluding hydrogens is 358 g/mol. The Morgan fingerprint density at radius 1 is 1.60 bits per heavy atom. The molecule has 114 valence electrons. The lowest BCUT2D eigenvalue weighted by atomic mass is 10.2. The van der Waals surface area contributed by atoms with E-state index < -0.39 is 27.8 Å². The van der Waals surface area contributed by atoms with E-state index in [1.54, 1.807) is 0 Å². The molecule has 10 heteroatoms. The van der Waals surface area contributed by atoms with Gasteiger partial charge in [-0.15, -0.1) is 0 Å². The van der Waals surface area contributed by atoms with Crippen molar-refractivity contribution in [2.45, 2.75) is 17.4 Å². The van der Waals surface area contributed by atoms with Crippen molar-refractivity contribution < 1.29 is 32.6 Å². The van der Waals surface area contributed by atoms with Crippen LogP contribution in [-0.4, -0.2) is 51.0 Å². The van der Waals surface area contributed by atoms with Gasteiger partial charge in [-0.1, -0.05) is 0 Å². The standard InChI is InChI=1S/C10H14BrNO7S/c1-18-5-6(2-3-13)12-20(16,17)8-4-7(10(14)15)19-9(8)11/h4,6,12-13H,2-3,5H2,1H3,(H,14,15). The van der Waals surface area contributed by atoms with Gasteiger partial charge in [-0.2, -0.15) is 0 Å². The molecule has 0 spiro atoms. The average Bonchev–Trinajstić information content (AvgIpc) is 2.72. The van der Waals surface area contributed by atoms with Crippen LogP contribution in [-0.2, 0) is 14.8 Å². The summed E-state index contributed by atoms with van der Waals surface area (Å²) < 4.78 is 36.0. The van der Waals surface area contributed by atoms with Gasteiger partial charge in [0.2, 0.25) is 15.8 Å². The first-order valence-electron chi connectivity index (χ1n) is 5.46. The number of rotatable bonds is 8. The van der Waals surface area contributed by atoms with E-state index in [1.165, 1.54) is 7.11 Å². The van der Waals surface area contributed by atoms with E-state index in [-0.39, 0.29) is 29.2 Å². The summed E-state index contributed by atoms with van der Waals surface area (Å²) >= 11 is 2.86. The number of carboxylic acids is 1. The van der Waals surface area contributed by atoms with Crippen molar-refractivity contribution in [3.05, 3.63) is 16.5 Å². The Labute approximate surface area is 123 Å². The number of aliphatic hydroxyl groups is 1. The van der Waals surface area contributed by atoms with Crippen molar-refractivity contribution in [2.75, 3.05) is 20.3 Å². The molecule has 0 aliphatic carbocycles. The zero-order valence-electron chi connectivity index (χ0n) is 10.5. The van der Waals surface area contributed by atoms with E-state index in [0.29, 0.717) is 0 Å². The molecule has 8 nitrogen and oxygen atoms in total. The lowest BCUT2D eigenvalue weighted by Gasteiger charge is -2.16. The van der Waals surface area contributed by atoms with Crippen LogP contribution >= 0.6 is 15.9 Å². The number of ether oxygens (including phenoxy) is 1. The maximum atomic E-state index is 12.1. The number of carbonyl (C=O) groups is 1. The molecule has 0 amide bonds. The predicted octanol–water partition coefficient (Wildman–Crippen LogP) is 0.416. The van der Waals surface area contributed by atoms with Crippen LogP contribution < -0.4 is 4.72 Å². The maximum Gasteiger partial charge on any atom is 0.371 e. The Hall–Kier alpha value is -0.940. The van der Waals surface area contributed by atoms with E-state index in [4.69, 9.17) is 19.4 Å². The Kier molecular flexibility index (Phi) is 6.14. The average molecular weight is 372 g/mol. The molecule has 1 rings (SSSR count). The van der Waals surface area contributed by atoms with Gasteiger partial charge in [0.15, 0.2) is 4.67 Å². The second-order valence-corrected chi connectivity index (χ2v) is 6.24. The van der Waals surface area contributed by atoms with Crippen molar-refractivity contribution >= 4 is 31.9 Å². The van der Waals surface area contributed by atoms with Crippen LogP contribution in [0.15, 0.2) is 20.0 Å². The first kappa shape index (κ1) is 17.1. The molecule has 0 aliphatic rings. The van der Waals surface area contributed by atoms with Crippen molar-refractivity contribution in [3.8, 4) is 0 Å². The van der Waals surface area contributed by atoms with Crippen LogP contribution in [0, 0.1) is 0 Å². The van der Waals surface area contributed by atoms with Gasteiger partial charge in [-0.25, -0.2) is 17.9 Å². The molecule has 1 heterocycles. The Morgan fingerprint density at radius 2 is 2.25 bits per heavy atom. The second-order valence-electron chi connectivity index (χ2n) is 3.84. The molecule has 0 fully saturated rings. The van der Waals surface area contributed by atoms with Gasteiger partial charge >= 0.3 is 5.97 Å². The fourth-order valence-corrected chi connectivity index (χ4v) is 3.65. The van der Waals surface area contributed by atoms with Crippen LogP contribution in [0.2, 0.25) is 0 Å². The highest BCUT2D eigenvalue weighted by atomic mass is 79.9. The molecule has 1 unspecified atom stereocenters. The minimum Gasteiger partial charge on any atom is -0.475 e. The molecule has 0 aromatic carbocycles. The minimum absolute atomic E-state index is 0.0705. The third-order valence-corrected chi connectivity index (χ3v) is 4.70. The number of furan rings is 1. The normalized spacial score (nSPS) is 13.3. The zero-order chi connectivity index (χ0) is 15.3. The maximum absolute atomic E-state index is 12.1. The molecule has 0 aliphatic heterocycles. The first-order valence-corrected chi connectivity index (χ1v) is 7.74. The highest BCUT2D eigenvalue weighted by Gasteiger charge is 2.27. The summed E-state index contributed by atoms with van der Waals surface area (Å²) in [6, 6.07) is 0.266. The van der Waals surface area contributed by atoms with Crippen molar-refractivity contribution in [1.82, 2.24) is 4.72 Å². The third-order valence-electron chi connectivity index (χ3n) is 2.32. The number of aromatic carboxylic acids is 1. The number of nitrogens with one attached hydrogen (secondary N) is 1. The van der Waals surface area contributed by atoms with E-state index >= 15 is 0 Å². The molecular formula is C10H14BrNO7S. The highest BCUT2D eigenvalue weighted by Crippen LogP contribution is 2.26. The van der Waals surface area contributed by atoms with Gasteiger partial charge in [-0.3, -0.25) is 0 Å². The van der Waals surface area contributed by atoms with Gasteiger partial charge in [0, 0.05) is 25.8 Å². The molecule has 0 radical (unpaired) electrons. The Balaban J connectivity index is 3.00. The number of aliphatic hydroxyl groups excluding tert-OH is 1. The smallest absolute Gasteiger partial charge is 0.371 e. The number of hydrogen-bond acceptors (Lipinski definition) is 6. The quantitative estimate of drug-likeness (QED) is 0.604. The van der Waals surface area contributed by atoms with E-state index in [0.717, 1.165) is 6.07 Å². The first-order chi connectivity index (χ1) is 9.31. The van der Waals surface area contributed by atoms with E-state index in [1.807, 2.05) is 0 Å². The van der Waals surface area contributed by atoms with Gasteiger partial charge < -0.3 is 19.4 Å². The van der Waals surface area contributed by atoms with Crippen LogP contribution in [0.4, 0.5) is 0 Å². The lowest BCUT2D eigenvalue weighted by molar-refractivity contribution is 0.0661. The Morgan fingerprint density at radius 3 is 2.70 bits per heavy atom. The molecule has 3 N–H and O–H groups in total. The van der Waals surface area contributed by atoms with Crippen LogP contribution in [0.5, 0.6) is 0 Å². The summed E-state index contributed by atoms with van der Waals surface area (Å²) in [4.78, 5) is 10.4. The minimum atomic E-state index is -3.99. The topological polar surface area (TPSA) is 126 Å². The summed E-state index contributed by atoms with van der Waals surface area (Å²) in [5.41, 5.74) is 0. The molecule has 0 saturated heterocycles. The fraction of sp³-hybridized carbons (Fsp3) is 0.500. The van der Waals surface area contributed by atoms with Crippen LogP contribution in [0.1, 0.15) is 17.0 Å². The summed E-state index contributed by atoms with van der Waals surface area (Å²) in [5, 5.41) is 17.6. The molecule has 1 atom stereocenters. The predicted molar refractivity (Wildman–Crippen MR) is 71.1 cm³/mol. The highest BCUT2D eigenvalue weighted by molar-refractivity contribution is 9.10. The summed E-state index contributed by atoms with van der Waals surface area (Å²) in [7, 11) is -2.59. The molecule has 1 aromatic rings. The van der Waals surface area contributed by atoms with Crippen LogP contribution in [0.3, 0.4) is 0 Å². The van der Waals surface area contributed by atoms with Crippen LogP contribution in [0.25, 0.3) is 0 Å². The summed E-state index contributed by atoms with van der Waals surface area (Å²) in [6.07, 6.45) is 0.161. The zero-order valence-corrected chi connectivity index (χ0v) is 12.9. The molecule has 1 aromatic heterocycles. The van der Waals surface area contributed by atoms with Gasteiger partial charge in [-0.05, 0) is 22.4 Å². The lowest BCUT2D eigenvalue weighted by Crippen LogP contribution is -2.38. The van der Waals surface area contributed by atoms with Gasteiger partial charge in [0.05, 0.1) is 6.61 Å². The number of sulfonamides is 1. The monoisotopic (exact) mass is 371 g/mol. The van der Waals surface area contributed by atoms with Crippen molar-refractivity contribution in [1.29, 1.82) is 0 Å². The number of hydrogen-bond donors (Lipinski definition) is 3. The number of halogens is 1. The third kappa shape index (κ3) is 4.28. The Bertz CT molecular complexity index is 562. The molecule has 20 heavy (non-hydrogen) atoms. The largest absolute Gasteiger partial charge is 0.475 e. The SMILES string of the molecule is COCC(CCO)NS(=O)(=O)c1cc(C(=O)O)oc1Br. The summed E-state index contributed by atoms with van der Waals surface area (Å²) in [6.45, 7) is -0.148. The van der Waals surface area contributed by atoms with Gasteiger partial charge in [0.1, 0.15) is 4.90 Å². The van der Waals surface area contributed by atoms with Crippen molar-refractivity contribution in [2.24, 2.45) is 0 Å². The summed E-state index contributed by atoms with van der Waals surface area (Å²) in [5.74, 6) is -1.88. The number of methoxy groups -OCH3 is 1. The van der Waals surface area contributed by atoms with Gasteiger partial charge in [0.25, 0.3) is 0 Å². The molecule has 0 saturated carbocycles. The van der Waals surface area contributed by atoms with E-state index in [2.05, 4.69) is 20.7 Å². The second kappa shape index (κ2) is 7.18. The fourth-order valence-electron chi connectivity index (χ4n) is 1.46. The molecule has 0 bridgehead atoms. The van der Waals surface area contributed by atoms with E-state index in [9.17, 15) is 13.2 Å². The number of carboxylic acid groups (broad SMARTS) is 1.